The van der Waals surface area contributed by atoms with Crippen LogP contribution in [0.2, 0.25) is 0 Å². The molecule has 0 unspecified atom stereocenters. The highest BCUT2D eigenvalue weighted by molar-refractivity contribution is 6.17. The summed E-state index contributed by atoms with van der Waals surface area (Å²) >= 11 is 0. The molecule has 0 radical (unpaired) electrons. The number of benzene rings is 3. The third-order valence-electron chi connectivity index (χ3n) is 4.28. The van der Waals surface area contributed by atoms with Gasteiger partial charge in [0.1, 0.15) is 22.8 Å². The van der Waals surface area contributed by atoms with Gasteiger partial charge in [0.05, 0.1) is 5.56 Å². The van der Waals surface area contributed by atoms with E-state index in [-0.39, 0.29) is 39.7 Å². The van der Waals surface area contributed by atoms with Crippen molar-refractivity contribution in [3.8, 4) is 39.9 Å². The first-order chi connectivity index (χ1) is 13.0. The Morgan fingerprint density at radius 3 is 2.22 bits per heavy atom. The Kier molecular flexibility index (Phi) is 3.74. The molecular weight excluding hydrogens is 348 g/mol. The van der Waals surface area contributed by atoms with E-state index in [1.54, 1.807) is 18.2 Å². The molecule has 0 atom stereocenters. The minimum Gasteiger partial charge on any atom is -0.507 e. The molecule has 0 bridgehead atoms. The van der Waals surface area contributed by atoms with Gasteiger partial charge >= 0.3 is 0 Å². The van der Waals surface area contributed by atoms with Gasteiger partial charge in [-0.1, -0.05) is 36.4 Å². The summed E-state index contributed by atoms with van der Waals surface area (Å²) in [5.74, 6) is -2.00. The van der Waals surface area contributed by atoms with E-state index in [4.69, 9.17) is 4.74 Å². The highest BCUT2D eigenvalue weighted by Crippen LogP contribution is 2.49. The molecule has 1 aliphatic rings. The van der Waals surface area contributed by atoms with Crippen LogP contribution in [0.3, 0.4) is 0 Å². The Morgan fingerprint density at radius 1 is 0.778 bits per heavy atom. The Hall–Kier alpha value is -3.93. The van der Waals surface area contributed by atoms with Gasteiger partial charge < -0.3 is 25.2 Å². The van der Waals surface area contributed by atoms with Crippen molar-refractivity contribution in [2.45, 2.75) is 0 Å². The molecule has 0 amide bonds. The number of carbonyl (C=O) groups is 1. The molecule has 4 rings (SSSR count). The molecule has 3 aromatic carbocycles. The molecule has 0 spiro atoms. The lowest BCUT2D eigenvalue weighted by atomic mass is 9.97. The molecule has 0 saturated carbocycles. The van der Waals surface area contributed by atoms with Crippen molar-refractivity contribution < 1.29 is 30.0 Å². The monoisotopic (exact) mass is 362 g/mol. The lowest BCUT2D eigenvalue weighted by molar-refractivity contribution is 0.101. The van der Waals surface area contributed by atoms with Crippen LogP contribution in [-0.4, -0.2) is 26.2 Å². The maximum absolute atomic E-state index is 12.7. The summed E-state index contributed by atoms with van der Waals surface area (Å²) in [6.07, 6.45) is 1.55. The van der Waals surface area contributed by atoms with Crippen LogP contribution in [0.25, 0.3) is 17.2 Å². The van der Waals surface area contributed by atoms with Crippen molar-refractivity contribution in [1.29, 1.82) is 0 Å². The van der Waals surface area contributed by atoms with Crippen LogP contribution in [0.15, 0.2) is 60.4 Å². The van der Waals surface area contributed by atoms with E-state index in [0.29, 0.717) is 0 Å². The third-order valence-corrected chi connectivity index (χ3v) is 4.28. The van der Waals surface area contributed by atoms with Gasteiger partial charge in [0.25, 0.3) is 0 Å². The van der Waals surface area contributed by atoms with Crippen LogP contribution in [0, 0.1) is 0 Å². The average Bonchev–Trinajstić information content (AvgIpc) is 2.94. The number of ether oxygens (including phenoxy) is 1. The highest BCUT2D eigenvalue weighted by Gasteiger charge is 2.34. The molecule has 0 aromatic heterocycles. The van der Waals surface area contributed by atoms with Gasteiger partial charge in [-0.15, -0.1) is 0 Å². The molecule has 6 heteroatoms. The van der Waals surface area contributed by atoms with E-state index in [0.717, 1.165) is 5.56 Å². The number of phenolic OH excluding ortho intramolecular Hbond substituents is 4. The van der Waals surface area contributed by atoms with Crippen LogP contribution >= 0.6 is 0 Å². The molecular formula is C21H14O6. The molecule has 27 heavy (non-hydrogen) atoms. The van der Waals surface area contributed by atoms with Gasteiger partial charge in [-0.2, -0.15) is 0 Å². The number of hydrogen-bond acceptors (Lipinski definition) is 6. The van der Waals surface area contributed by atoms with E-state index >= 15 is 0 Å². The number of carbonyl (C=O) groups excluding carboxylic acids is 1. The predicted molar refractivity (Wildman–Crippen MR) is 97.9 cm³/mol. The van der Waals surface area contributed by atoms with Gasteiger partial charge in [0.15, 0.2) is 17.3 Å². The van der Waals surface area contributed by atoms with Crippen molar-refractivity contribution in [3.63, 3.8) is 0 Å². The van der Waals surface area contributed by atoms with Gasteiger partial charge in [-0.25, -0.2) is 0 Å². The van der Waals surface area contributed by atoms with Gasteiger partial charge in [0, 0.05) is 6.07 Å². The van der Waals surface area contributed by atoms with Gasteiger partial charge in [-0.05, 0) is 29.3 Å². The summed E-state index contributed by atoms with van der Waals surface area (Å²) in [7, 11) is 0. The van der Waals surface area contributed by atoms with Crippen LogP contribution < -0.4 is 4.74 Å². The maximum Gasteiger partial charge on any atom is 0.235 e. The van der Waals surface area contributed by atoms with Crippen molar-refractivity contribution in [2.75, 3.05) is 0 Å². The summed E-state index contributed by atoms with van der Waals surface area (Å²) in [6.45, 7) is 0. The fourth-order valence-corrected chi connectivity index (χ4v) is 2.98. The number of rotatable bonds is 2. The number of fused-ring (bicyclic) bond motifs is 1. The highest BCUT2D eigenvalue weighted by atomic mass is 16.5. The van der Waals surface area contributed by atoms with Crippen LogP contribution in [0.1, 0.15) is 15.9 Å². The minimum atomic E-state index is -0.518. The molecule has 134 valence electrons. The number of hydrogen-bond donors (Lipinski definition) is 4. The Bertz CT molecular complexity index is 1100. The fourth-order valence-electron chi connectivity index (χ4n) is 2.98. The average molecular weight is 362 g/mol. The third kappa shape index (κ3) is 2.73. The fraction of sp³-hybridized carbons (Fsp3) is 0. The molecule has 6 nitrogen and oxygen atoms in total. The Labute approximate surface area is 153 Å². The SMILES string of the molecule is O=C1/C(=C/c2ccccc2)Oc2cc(O)c(-c3ccc(O)c(O)c3)c(O)c21. The molecule has 1 aliphatic heterocycles. The topological polar surface area (TPSA) is 107 Å². The first-order valence-corrected chi connectivity index (χ1v) is 8.06. The minimum absolute atomic E-state index is 0.0246. The standard InChI is InChI=1S/C21H14O6/c22-13-7-6-12(9-14(13)23)18-15(24)10-16-19(21(18)26)20(25)17(27-16)8-11-4-2-1-3-5-11/h1-10,22-24,26H/b17-8-. The predicted octanol–water partition coefficient (Wildman–Crippen LogP) is 3.79. The van der Waals surface area contributed by atoms with Gasteiger partial charge in [-0.3, -0.25) is 4.79 Å². The largest absolute Gasteiger partial charge is 0.507 e. The summed E-state index contributed by atoms with van der Waals surface area (Å²) < 4.78 is 5.52. The van der Waals surface area contributed by atoms with Crippen molar-refractivity contribution in [1.82, 2.24) is 0 Å². The number of ketones is 1. The summed E-state index contributed by atoms with van der Waals surface area (Å²) in [4.78, 5) is 12.7. The molecule has 0 aliphatic carbocycles. The van der Waals surface area contributed by atoms with E-state index in [1.807, 2.05) is 18.2 Å². The second-order valence-electron chi connectivity index (χ2n) is 6.05. The van der Waals surface area contributed by atoms with Crippen LogP contribution in [0.4, 0.5) is 0 Å². The summed E-state index contributed by atoms with van der Waals surface area (Å²) in [6, 6.07) is 14.1. The summed E-state index contributed by atoms with van der Waals surface area (Å²) in [5, 5.41) is 40.1. The quantitative estimate of drug-likeness (QED) is 0.408. The number of allylic oxidation sites excluding steroid dienone is 1. The Balaban J connectivity index is 1.83. The van der Waals surface area contributed by atoms with E-state index in [1.165, 1.54) is 24.3 Å². The molecule has 3 aromatic rings. The van der Waals surface area contributed by atoms with Gasteiger partial charge in [0.2, 0.25) is 5.78 Å². The maximum atomic E-state index is 12.7. The van der Waals surface area contributed by atoms with Crippen LogP contribution in [0.5, 0.6) is 28.7 Å². The zero-order valence-corrected chi connectivity index (χ0v) is 13.9. The van der Waals surface area contributed by atoms with E-state index in [2.05, 4.69) is 0 Å². The molecule has 0 saturated heterocycles. The van der Waals surface area contributed by atoms with Crippen molar-refractivity contribution in [3.05, 3.63) is 71.5 Å². The molecule has 1 heterocycles. The number of Topliss-reactive ketones (excluding diaryl/α,β-unsaturated/α-hetero) is 1. The lowest BCUT2D eigenvalue weighted by Crippen LogP contribution is -1.98. The summed E-state index contributed by atoms with van der Waals surface area (Å²) in [5.41, 5.74) is 0.872. The second kappa shape index (κ2) is 6.10. The molecule has 0 fully saturated rings. The normalized spacial score (nSPS) is 14.2. The van der Waals surface area contributed by atoms with Crippen LogP contribution in [-0.2, 0) is 0 Å². The first kappa shape index (κ1) is 16.5. The second-order valence-corrected chi connectivity index (χ2v) is 6.05. The zero-order valence-electron chi connectivity index (χ0n) is 13.9. The molecule has 4 N–H and O–H groups in total. The zero-order chi connectivity index (χ0) is 19.1. The van der Waals surface area contributed by atoms with E-state index in [9.17, 15) is 25.2 Å². The Morgan fingerprint density at radius 2 is 1.52 bits per heavy atom. The van der Waals surface area contributed by atoms with Crippen molar-refractivity contribution in [2.24, 2.45) is 0 Å². The number of aromatic hydroxyl groups is 4. The number of phenols is 4. The lowest BCUT2D eigenvalue weighted by Gasteiger charge is -2.11. The first-order valence-electron chi connectivity index (χ1n) is 8.06. The van der Waals surface area contributed by atoms with E-state index < -0.39 is 17.3 Å². The smallest absolute Gasteiger partial charge is 0.235 e. The van der Waals surface area contributed by atoms with Crippen molar-refractivity contribution >= 4 is 11.9 Å².